The minimum Gasteiger partial charge on any atom is -0.497 e. The molecule has 1 aromatic carbocycles. The molecule has 20 heavy (non-hydrogen) atoms. The van der Waals surface area contributed by atoms with Crippen molar-refractivity contribution in [3.8, 4) is 5.75 Å². The molecule has 0 saturated carbocycles. The molecule has 0 bridgehead atoms. The van der Waals surface area contributed by atoms with Crippen LogP contribution in [0.3, 0.4) is 0 Å². The van der Waals surface area contributed by atoms with Crippen molar-refractivity contribution in [2.45, 2.75) is 26.9 Å². The molecule has 0 aliphatic carbocycles. The average Bonchev–Trinajstić information content (AvgIpc) is 2.66. The molecule has 1 aromatic heterocycles. The number of hydrogen-bond donors (Lipinski definition) is 0. The summed E-state index contributed by atoms with van der Waals surface area (Å²) in [6.45, 7) is 5.87. The Kier molecular flexibility index (Phi) is 4.45. The van der Waals surface area contributed by atoms with Crippen LogP contribution in [0.25, 0.3) is 0 Å². The number of benzene rings is 1. The third-order valence-corrected chi connectivity index (χ3v) is 3.71. The molecule has 0 radical (unpaired) electrons. The number of rotatable bonds is 5. The van der Waals surface area contributed by atoms with Crippen LogP contribution in [0.5, 0.6) is 5.75 Å². The average molecular weight is 273 g/mol. The van der Waals surface area contributed by atoms with Crippen molar-refractivity contribution in [3.05, 3.63) is 47.0 Å². The van der Waals surface area contributed by atoms with Crippen molar-refractivity contribution < 1.29 is 4.74 Å². The molecule has 4 heteroatoms. The van der Waals surface area contributed by atoms with Gasteiger partial charge in [0, 0.05) is 19.3 Å². The highest BCUT2D eigenvalue weighted by atomic mass is 16.5. The Morgan fingerprint density at radius 2 is 2.00 bits per heavy atom. The van der Waals surface area contributed by atoms with Crippen molar-refractivity contribution in [1.82, 2.24) is 14.5 Å². The molecule has 0 spiro atoms. The predicted molar refractivity (Wildman–Crippen MR) is 80.8 cm³/mol. The van der Waals surface area contributed by atoms with E-state index in [-0.39, 0.29) is 0 Å². The van der Waals surface area contributed by atoms with E-state index >= 15 is 0 Å². The van der Waals surface area contributed by atoms with Crippen molar-refractivity contribution in [2.24, 2.45) is 7.05 Å². The first kappa shape index (κ1) is 14.6. The number of ether oxygens (including phenoxy) is 1. The first-order valence-electron chi connectivity index (χ1n) is 6.81. The second kappa shape index (κ2) is 6.09. The Morgan fingerprint density at radius 3 is 2.60 bits per heavy atom. The lowest BCUT2D eigenvalue weighted by Crippen LogP contribution is -2.19. The molecule has 0 saturated heterocycles. The lowest BCUT2D eigenvalue weighted by molar-refractivity contribution is 0.306. The number of aryl methyl sites for hydroxylation is 1. The standard InChI is InChI=1S/C16H23N3O/c1-12-13(2)19(4)16(17-12)11-18(3)10-14-7-6-8-15(9-14)20-5/h6-9H,10-11H2,1-5H3. The van der Waals surface area contributed by atoms with Gasteiger partial charge in [-0.25, -0.2) is 4.98 Å². The topological polar surface area (TPSA) is 30.3 Å². The summed E-state index contributed by atoms with van der Waals surface area (Å²) in [4.78, 5) is 6.88. The molecule has 0 aliphatic heterocycles. The fourth-order valence-corrected chi connectivity index (χ4v) is 2.31. The summed E-state index contributed by atoms with van der Waals surface area (Å²) in [5.41, 5.74) is 3.58. The smallest absolute Gasteiger partial charge is 0.123 e. The molecule has 0 unspecified atom stereocenters. The van der Waals surface area contributed by atoms with E-state index in [0.29, 0.717) is 0 Å². The second-order valence-electron chi connectivity index (χ2n) is 5.28. The van der Waals surface area contributed by atoms with E-state index in [1.165, 1.54) is 11.3 Å². The summed E-state index contributed by atoms with van der Waals surface area (Å²) in [7, 11) is 5.88. The Morgan fingerprint density at radius 1 is 1.25 bits per heavy atom. The van der Waals surface area contributed by atoms with E-state index in [4.69, 9.17) is 4.74 Å². The quantitative estimate of drug-likeness (QED) is 0.839. The van der Waals surface area contributed by atoms with Crippen LogP contribution in [-0.4, -0.2) is 28.6 Å². The molecule has 2 aromatic rings. The van der Waals surface area contributed by atoms with Crippen molar-refractivity contribution in [3.63, 3.8) is 0 Å². The Labute approximate surface area is 121 Å². The summed E-state index contributed by atoms with van der Waals surface area (Å²) in [5.74, 6) is 2.00. The van der Waals surface area contributed by atoms with Crippen LogP contribution >= 0.6 is 0 Å². The van der Waals surface area contributed by atoms with Crippen LogP contribution in [0.2, 0.25) is 0 Å². The molecule has 4 nitrogen and oxygen atoms in total. The normalized spacial score (nSPS) is 11.1. The molecule has 1 heterocycles. The van der Waals surface area contributed by atoms with Gasteiger partial charge in [-0.2, -0.15) is 0 Å². The monoisotopic (exact) mass is 273 g/mol. The maximum absolute atomic E-state index is 5.26. The number of imidazole rings is 1. The first-order chi connectivity index (χ1) is 9.51. The maximum atomic E-state index is 5.26. The van der Waals surface area contributed by atoms with E-state index in [1.54, 1.807) is 7.11 Å². The van der Waals surface area contributed by atoms with Crippen LogP contribution in [-0.2, 0) is 20.1 Å². The first-order valence-corrected chi connectivity index (χ1v) is 6.81. The lowest BCUT2D eigenvalue weighted by atomic mass is 10.2. The number of methoxy groups -OCH3 is 1. The Balaban J connectivity index is 2.04. The van der Waals surface area contributed by atoms with E-state index in [9.17, 15) is 0 Å². The van der Waals surface area contributed by atoms with Gasteiger partial charge in [0.25, 0.3) is 0 Å². The highest BCUT2D eigenvalue weighted by molar-refractivity contribution is 5.28. The highest BCUT2D eigenvalue weighted by Crippen LogP contribution is 2.15. The molecule has 108 valence electrons. The van der Waals surface area contributed by atoms with Gasteiger partial charge >= 0.3 is 0 Å². The van der Waals surface area contributed by atoms with Gasteiger partial charge < -0.3 is 9.30 Å². The van der Waals surface area contributed by atoms with E-state index in [0.717, 1.165) is 30.4 Å². The maximum Gasteiger partial charge on any atom is 0.123 e. The summed E-state index contributed by atoms with van der Waals surface area (Å²) in [6.07, 6.45) is 0. The molecule has 2 rings (SSSR count). The molecule has 0 amide bonds. The molecular weight excluding hydrogens is 250 g/mol. The van der Waals surface area contributed by atoms with Gasteiger partial charge in [0.15, 0.2) is 0 Å². The van der Waals surface area contributed by atoms with Crippen molar-refractivity contribution >= 4 is 0 Å². The zero-order valence-corrected chi connectivity index (χ0v) is 13.0. The molecule has 0 N–H and O–H groups in total. The van der Waals surface area contributed by atoms with Crippen LogP contribution in [0.15, 0.2) is 24.3 Å². The van der Waals surface area contributed by atoms with Crippen molar-refractivity contribution in [1.29, 1.82) is 0 Å². The van der Waals surface area contributed by atoms with Gasteiger partial charge in [-0.1, -0.05) is 12.1 Å². The lowest BCUT2D eigenvalue weighted by Gasteiger charge is -2.17. The number of hydrogen-bond acceptors (Lipinski definition) is 3. The van der Waals surface area contributed by atoms with Gasteiger partial charge in [-0.15, -0.1) is 0 Å². The highest BCUT2D eigenvalue weighted by Gasteiger charge is 2.10. The zero-order chi connectivity index (χ0) is 14.7. The van der Waals surface area contributed by atoms with Gasteiger partial charge in [-0.05, 0) is 38.6 Å². The van der Waals surface area contributed by atoms with Crippen LogP contribution in [0, 0.1) is 13.8 Å². The molecule has 0 fully saturated rings. The van der Waals surface area contributed by atoms with Crippen LogP contribution in [0.4, 0.5) is 0 Å². The number of aromatic nitrogens is 2. The Hall–Kier alpha value is -1.81. The number of nitrogens with zero attached hydrogens (tertiary/aromatic N) is 3. The van der Waals surface area contributed by atoms with Crippen LogP contribution in [0.1, 0.15) is 22.8 Å². The minimum atomic E-state index is 0.836. The van der Waals surface area contributed by atoms with Gasteiger partial charge in [-0.3, -0.25) is 4.90 Å². The van der Waals surface area contributed by atoms with Gasteiger partial charge in [0.2, 0.25) is 0 Å². The SMILES string of the molecule is COc1cccc(CN(C)Cc2nc(C)c(C)n2C)c1. The molecular formula is C16H23N3O. The molecule has 0 aliphatic rings. The molecule has 0 atom stereocenters. The second-order valence-corrected chi connectivity index (χ2v) is 5.28. The van der Waals surface area contributed by atoms with E-state index < -0.39 is 0 Å². The van der Waals surface area contributed by atoms with Gasteiger partial charge in [0.05, 0.1) is 19.3 Å². The summed E-state index contributed by atoms with van der Waals surface area (Å²) < 4.78 is 7.42. The van der Waals surface area contributed by atoms with Gasteiger partial charge in [0.1, 0.15) is 11.6 Å². The Bertz CT molecular complexity index is 589. The summed E-state index contributed by atoms with van der Waals surface area (Å²) in [6, 6.07) is 8.19. The third-order valence-electron chi connectivity index (χ3n) is 3.71. The fourth-order valence-electron chi connectivity index (χ4n) is 2.31. The van der Waals surface area contributed by atoms with Crippen LogP contribution < -0.4 is 4.74 Å². The summed E-state index contributed by atoms with van der Waals surface area (Å²) in [5, 5.41) is 0. The zero-order valence-electron chi connectivity index (χ0n) is 13.0. The van der Waals surface area contributed by atoms with E-state index in [2.05, 4.69) is 54.5 Å². The fraction of sp³-hybridized carbons (Fsp3) is 0.438. The predicted octanol–water partition coefficient (Wildman–Crippen LogP) is 2.68. The summed E-state index contributed by atoms with van der Waals surface area (Å²) >= 11 is 0. The third kappa shape index (κ3) is 3.20. The largest absolute Gasteiger partial charge is 0.497 e. The minimum absolute atomic E-state index is 0.836. The van der Waals surface area contributed by atoms with E-state index in [1.807, 2.05) is 12.1 Å². The van der Waals surface area contributed by atoms with Crippen molar-refractivity contribution in [2.75, 3.05) is 14.2 Å².